The molecule has 0 aromatic carbocycles. The molecule has 7 nitrogen and oxygen atoms in total. The number of nitrogens with two attached hydrogens (primary N) is 1. The van der Waals surface area contributed by atoms with E-state index in [-0.39, 0.29) is 6.61 Å². The van der Waals surface area contributed by atoms with Gasteiger partial charge in [0.15, 0.2) is 0 Å². The molecule has 0 saturated carbocycles. The monoisotopic (exact) mass is 257 g/mol. The van der Waals surface area contributed by atoms with Crippen LogP contribution in [0.4, 0.5) is 0 Å². The van der Waals surface area contributed by atoms with Crippen molar-refractivity contribution in [1.82, 2.24) is 0 Å². The number of hydrogen-bond acceptors (Lipinski definition) is 4. The molecule has 0 aliphatic rings. The van der Waals surface area contributed by atoms with E-state index in [4.69, 9.17) is 34.8 Å². The summed E-state index contributed by atoms with van der Waals surface area (Å²) in [7, 11) is -4.64. The summed E-state index contributed by atoms with van der Waals surface area (Å²) < 4.78 is 13.8. The molecule has 98 valence electrons. The Labute approximate surface area is 95.1 Å². The standard InChI is InChI=1S/C6H10O.C2H7NO.H3O4P/c1-3-5-7-6-4-2;3-1-2-4;1-5(2,3)4/h3-4H,1-2,5-6H2;4H,1-3H2;(H3,1,2,3,4). The average Bonchev–Trinajstić information content (AvgIpc) is 2.17. The molecule has 0 rings (SSSR count). The van der Waals surface area contributed by atoms with Gasteiger partial charge in [0.05, 0.1) is 19.8 Å². The van der Waals surface area contributed by atoms with Gasteiger partial charge in [0.25, 0.3) is 0 Å². The molecule has 0 aromatic rings. The van der Waals surface area contributed by atoms with E-state index in [2.05, 4.69) is 13.2 Å². The molecule has 0 unspecified atom stereocenters. The van der Waals surface area contributed by atoms with Gasteiger partial charge in [-0.15, -0.1) is 13.2 Å². The molecule has 0 amide bonds. The first kappa shape index (κ1) is 20.8. The zero-order valence-corrected chi connectivity index (χ0v) is 9.92. The minimum atomic E-state index is -4.64. The molecule has 0 saturated heterocycles. The van der Waals surface area contributed by atoms with Crippen molar-refractivity contribution in [2.75, 3.05) is 26.4 Å². The highest BCUT2D eigenvalue weighted by Gasteiger charge is 2.00. The van der Waals surface area contributed by atoms with E-state index < -0.39 is 7.82 Å². The van der Waals surface area contributed by atoms with Crippen molar-refractivity contribution in [2.45, 2.75) is 0 Å². The van der Waals surface area contributed by atoms with Crippen molar-refractivity contribution < 1.29 is 29.1 Å². The largest absolute Gasteiger partial charge is 0.466 e. The summed E-state index contributed by atoms with van der Waals surface area (Å²) >= 11 is 0. The van der Waals surface area contributed by atoms with Crippen LogP contribution >= 0.6 is 7.82 Å². The maximum Gasteiger partial charge on any atom is 0.466 e. The Morgan fingerprint density at radius 2 is 1.44 bits per heavy atom. The van der Waals surface area contributed by atoms with Crippen LogP contribution in [-0.4, -0.2) is 46.2 Å². The fourth-order valence-electron chi connectivity index (χ4n) is 0.235. The topological polar surface area (TPSA) is 133 Å². The fraction of sp³-hybridized carbons (Fsp3) is 0.500. The summed E-state index contributed by atoms with van der Waals surface area (Å²) in [5.41, 5.74) is 4.78. The van der Waals surface area contributed by atoms with Crippen LogP contribution in [0.25, 0.3) is 0 Å². The van der Waals surface area contributed by atoms with E-state index in [1.807, 2.05) is 0 Å². The molecule has 8 heteroatoms. The minimum absolute atomic E-state index is 0.0972. The van der Waals surface area contributed by atoms with Gasteiger partial charge >= 0.3 is 7.82 Å². The molecule has 0 bridgehead atoms. The van der Waals surface area contributed by atoms with Crippen LogP contribution in [-0.2, 0) is 9.30 Å². The lowest BCUT2D eigenvalue weighted by Crippen LogP contribution is -2.02. The van der Waals surface area contributed by atoms with Crippen molar-refractivity contribution >= 4 is 7.82 Å². The lowest BCUT2D eigenvalue weighted by atomic mass is 10.6. The average molecular weight is 257 g/mol. The smallest absolute Gasteiger partial charge is 0.395 e. The molecule has 0 fully saturated rings. The SMILES string of the molecule is C=CCOCC=C.NCCO.O=P(O)(O)O. The van der Waals surface area contributed by atoms with Crippen molar-refractivity contribution in [2.24, 2.45) is 5.73 Å². The van der Waals surface area contributed by atoms with Gasteiger partial charge < -0.3 is 30.3 Å². The highest BCUT2D eigenvalue weighted by atomic mass is 31.2. The molecule has 0 aromatic heterocycles. The van der Waals surface area contributed by atoms with Gasteiger partial charge in [-0.1, -0.05) is 12.2 Å². The number of aliphatic hydroxyl groups is 1. The zero-order valence-electron chi connectivity index (χ0n) is 9.03. The third-order valence-corrected chi connectivity index (χ3v) is 0.601. The van der Waals surface area contributed by atoms with E-state index in [0.717, 1.165) is 0 Å². The maximum absolute atomic E-state index is 8.88. The molecule has 0 spiro atoms. The van der Waals surface area contributed by atoms with Crippen LogP contribution in [0.2, 0.25) is 0 Å². The summed E-state index contributed by atoms with van der Waals surface area (Å²) in [6.07, 6.45) is 3.42. The van der Waals surface area contributed by atoms with Gasteiger partial charge in [-0.05, 0) is 0 Å². The van der Waals surface area contributed by atoms with Crippen molar-refractivity contribution in [3.63, 3.8) is 0 Å². The van der Waals surface area contributed by atoms with Crippen LogP contribution < -0.4 is 5.73 Å². The first-order valence-electron chi connectivity index (χ1n) is 4.22. The van der Waals surface area contributed by atoms with Gasteiger partial charge in [0, 0.05) is 6.54 Å². The Hall–Kier alpha value is -0.530. The lowest BCUT2D eigenvalue weighted by Gasteiger charge is -1.89. The first-order valence-corrected chi connectivity index (χ1v) is 5.78. The Balaban J connectivity index is -0.000000166. The number of aliphatic hydroxyl groups excluding tert-OH is 1. The molecule has 0 aliphatic heterocycles. The normalized spacial score (nSPS) is 9.06. The van der Waals surface area contributed by atoms with E-state index >= 15 is 0 Å². The molecule has 0 heterocycles. The minimum Gasteiger partial charge on any atom is -0.395 e. The summed E-state index contributed by atoms with van der Waals surface area (Å²) in [5.74, 6) is 0. The molecule has 0 atom stereocenters. The Bertz CT molecular complexity index is 175. The van der Waals surface area contributed by atoms with Gasteiger partial charge in [-0.2, -0.15) is 0 Å². The van der Waals surface area contributed by atoms with Crippen molar-refractivity contribution in [1.29, 1.82) is 0 Å². The number of ether oxygens (including phenoxy) is 1. The van der Waals surface area contributed by atoms with Crippen LogP contribution in [0, 0.1) is 0 Å². The van der Waals surface area contributed by atoms with E-state index in [1.54, 1.807) is 12.2 Å². The maximum atomic E-state index is 8.88. The van der Waals surface area contributed by atoms with Crippen LogP contribution in [0.15, 0.2) is 25.3 Å². The van der Waals surface area contributed by atoms with Crippen molar-refractivity contribution in [3.05, 3.63) is 25.3 Å². The van der Waals surface area contributed by atoms with E-state index in [1.165, 1.54) is 0 Å². The summed E-state index contributed by atoms with van der Waals surface area (Å²) in [6.45, 7) is 8.65. The van der Waals surface area contributed by atoms with Gasteiger partial charge in [-0.3, -0.25) is 0 Å². The van der Waals surface area contributed by atoms with E-state index in [0.29, 0.717) is 19.8 Å². The highest BCUT2D eigenvalue weighted by molar-refractivity contribution is 7.45. The van der Waals surface area contributed by atoms with Crippen LogP contribution in [0.5, 0.6) is 0 Å². The number of rotatable bonds is 5. The number of phosphoric acid groups is 1. The Morgan fingerprint density at radius 1 is 1.19 bits per heavy atom. The third-order valence-electron chi connectivity index (χ3n) is 0.601. The second-order valence-corrected chi connectivity index (χ2v) is 3.17. The Kier molecular flexibility index (Phi) is 22.0. The summed E-state index contributed by atoms with van der Waals surface area (Å²) in [5, 5.41) is 7.75. The van der Waals surface area contributed by atoms with E-state index in [9.17, 15) is 0 Å². The summed E-state index contributed by atoms with van der Waals surface area (Å²) in [6, 6.07) is 0. The molecular formula is C8H20NO6P. The van der Waals surface area contributed by atoms with Crippen molar-refractivity contribution in [3.8, 4) is 0 Å². The highest BCUT2D eigenvalue weighted by Crippen LogP contribution is 2.25. The number of hydrogen-bond donors (Lipinski definition) is 5. The predicted octanol–water partition coefficient (Wildman–Crippen LogP) is -0.616. The van der Waals surface area contributed by atoms with Gasteiger partial charge in [0.2, 0.25) is 0 Å². The lowest BCUT2D eigenvalue weighted by molar-refractivity contribution is 0.194. The van der Waals surface area contributed by atoms with Gasteiger partial charge in [0.1, 0.15) is 0 Å². The molecule has 0 radical (unpaired) electrons. The fourth-order valence-corrected chi connectivity index (χ4v) is 0.235. The van der Waals surface area contributed by atoms with Crippen LogP contribution in [0.1, 0.15) is 0 Å². The zero-order chi connectivity index (χ0) is 13.4. The quantitative estimate of drug-likeness (QED) is 0.252. The molecule has 0 aliphatic carbocycles. The third kappa shape index (κ3) is 105. The Morgan fingerprint density at radius 3 is 1.56 bits per heavy atom. The first-order chi connectivity index (χ1) is 7.33. The molecule has 6 N–H and O–H groups in total. The molecular weight excluding hydrogens is 237 g/mol. The summed E-state index contributed by atoms with van der Waals surface area (Å²) in [4.78, 5) is 21.6. The molecule has 16 heavy (non-hydrogen) atoms. The predicted molar refractivity (Wildman–Crippen MR) is 61.6 cm³/mol. The van der Waals surface area contributed by atoms with Crippen LogP contribution in [0.3, 0.4) is 0 Å². The van der Waals surface area contributed by atoms with Gasteiger partial charge in [-0.25, -0.2) is 4.57 Å². The second-order valence-electron chi connectivity index (χ2n) is 2.14. The second kappa shape index (κ2) is 16.9.